The van der Waals surface area contributed by atoms with Crippen LogP contribution in [0, 0.1) is 11.6 Å². The van der Waals surface area contributed by atoms with Gasteiger partial charge in [-0.1, -0.05) is 23.2 Å². The highest BCUT2D eigenvalue weighted by Crippen LogP contribution is 2.26. The van der Waals surface area contributed by atoms with Crippen molar-refractivity contribution in [3.05, 3.63) is 76.0 Å². The fourth-order valence-corrected chi connectivity index (χ4v) is 3.68. The number of carbonyl (C=O) groups is 1. The van der Waals surface area contributed by atoms with Crippen LogP contribution in [0.5, 0.6) is 11.6 Å². The van der Waals surface area contributed by atoms with E-state index in [0.29, 0.717) is 47.6 Å². The second kappa shape index (κ2) is 9.03. The quantitative estimate of drug-likeness (QED) is 0.554. The molecule has 0 saturated carbocycles. The maximum Gasteiger partial charge on any atom is 0.255 e. The van der Waals surface area contributed by atoms with Gasteiger partial charge < -0.3 is 14.5 Å². The summed E-state index contributed by atoms with van der Waals surface area (Å²) in [5.41, 5.74) is 0.406. The third kappa shape index (κ3) is 4.86. The van der Waals surface area contributed by atoms with Crippen LogP contribution in [-0.4, -0.2) is 47.0 Å². The van der Waals surface area contributed by atoms with E-state index in [1.165, 1.54) is 12.4 Å². The van der Waals surface area contributed by atoms with Crippen molar-refractivity contribution in [2.45, 2.75) is 0 Å². The minimum absolute atomic E-state index is 0.124. The number of rotatable bonds is 4. The van der Waals surface area contributed by atoms with Crippen molar-refractivity contribution >= 4 is 34.9 Å². The molecule has 31 heavy (non-hydrogen) atoms. The number of halogens is 4. The van der Waals surface area contributed by atoms with E-state index in [2.05, 4.69) is 9.97 Å². The maximum absolute atomic E-state index is 13.4. The van der Waals surface area contributed by atoms with E-state index in [1.54, 1.807) is 29.2 Å². The van der Waals surface area contributed by atoms with Gasteiger partial charge in [0.1, 0.15) is 17.9 Å². The summed E-state index contributed by atoms with van der Waals surface area (Å²) in [4.78, 5) is 24.7. The molecule has 10 heteroatoms. The third-order valence-electron chi connectivity index (χ3n) is 4.79. The van der Waals surface area contributed by atoms with Crippen molar-refractivity contribution < 1.29 is 18.3 Å². The molecule has 6 nitrogen and oxygen atoms in total. The standard InChI is InChI=1S/C21H16Cl2F2N4O2/c22-13-1-3-15(16(23)9-13)21(30)29-7-5-28(6-8-29)19-11-20(27-12-26-19)31-14-2-4-17(24)18(25)10-14/h1-4,9-12H,5-8H2. The summed E-state index contributed by atoms with van der Waals surface area (Å²) >= 11 is 12.1. The van der Waals surface area contributed by atoms with Crippen molar-refractivity contribution in [1.82, 2.24) is 14.9 Å². The minimum atomic E-state index is -1.01. The first-order valence-corrected chi connectivity index (χ1v) is 10.1. The molecule has 160 valence electrons. The molecule has 3 aromatic rings. The average Bonchev–Trinajstić information content (AvgIpc) is 2.76. The minimum Gasteiger partial charge on any atom is -0.439 e. The van der Waals surface area contributed by atoms with Gasteiger partial charge in [-0.05, 0) is 30.3 Å². The largest absolute Gasteiger partial charge is 0.439 e. The number of piperazine rings is 1. The number of hydrogen-bond donors (Lipinski definition) is 0. The van der Waals surface area contributed by atoms with Gasteiger partial charge in [-0.15, -0.1) is 0 Å². The third-order valence-corrected chi connectivity index (χ3v) is 5.34. The summed E-state index contributed by atoms with van der Waals surface area (Å²) in [5.74, 6) is -1.20. The fourth-order valence-electron chi connectivity index (χ4n) is 3.19. The van der Waals surface area contributed by atoms with Crippen LogP contribution in [0.4, 0.5) is 14.6 Å². The summed E-state index contributed by atoms with van der Waals surface area (Å²) in [6, 6.07) is 9.64. The Hall–Kier alpha value is -2.97. The number of ether oxygens (including phenoxy) is 1. The van der Waals surface area contributed by atoms with Crippen LogP contribution in [0.3, 0.4) is 0 Å². The van der Waals surface area contributed by atoms with Crippen molar-refractivity contribution in [2.24, 2.45) is 0 Å². The lowest BCUT2D eigenvalue weighted by molar-refractivity contribution is 0.0746. The maximum atomic E-state index is 13.4. The van der Waals surface area contributed by atoms with Crippen LogP contribution in [-0.2, 0) is 0 Å². The summed E-state index contributed by atoms with van der Waals surface area (Å²) < 4.78 is 32.0. The highest BCUT2D eigenvalue weighted by atomic mass is 35.5. The van der Waals surface area contributed by atoms with Gasteiger partial charge in [0.25, 0.3) is 5.91 Å². The summed E-state index contributed by atoms with van der Waals surface area (Å²) in [7, 11) is 0. The Morgan fingerprint density at radius 3 is 2.42 bits per heavy atom. The summed E-state index contributed by atoms with van der Waals surface area (Å²) in [6.07, 6.45) is 1.33. The molecule has 1 saturated heterocycles. The number of hydrogen-bond acceptors (Lipinski definition) is 5. The van der Waals surface area contributed by atoms with Gasteiger partial charge in [0.15, 0.2) is 11.6 Å². The highest BCUT2D eigenvalue weighted by molar-refractivity contribution is 6.36. The number of benzene rings is 2. The van der Waals surface area contributed by atoms with Gasteiger partial charge in [-0.3, -0.25) is 4.79 Å². The molecule has 0 bridgehead atoms. The topological polar surface area (TPSA) is 58.6 Å². The molecule has 2 heterocycles. The molecule has 0 N–H and O–H groups in total. The molecule has 1 fully saturated rings. The van der Waals surface area contributed by atoms with Gasteiger partial charge in [-0.25, -0.2) is 18.7 Å². The predicted molar refractivity (Wildman–Crippen MR) is 113 cm³/mol. The molecule has 1 amide bonds. The Morgan fingerprint density at radius 1 is 0.935 bits per heavy atom. The number of aromatic nitrogens is 2. The molecule has 0 unspecified atom stereocenters. The average molecular weight is 465 g/mol. The fraction of sp³-hybridized carbons (Fsp3) is 0.190. The zero-order chi connectivity index (χ0) is 22.0. The van der Waals surface area contributed by atoms with Crippen LogP contribution < -0.4 is 9.64 Å². The first kappa shape index (κ1) is 21.3. The number of carbonyl (C=O) groups excluding carboxylic acids is 1. The van der Waals surface area contributed by atoms with Crippen molar-refractivity contribution in [1.29, 1.82) is 0 Å². The van der Waals surface area contributed by atoms with Gasteiger partial charge >= 0.3 is 0 Å². The molecule has 1 aromatic heterocycles. The number of nitrogens with zero attached hydrogens (tertiary/aromatic N) is 4. The van der Waals surface area contributed by atoms with E-state index in [1.807, 2.05) is 4.90 Å². The Morgan fingerprint density at radius 2 is 1.71 bits per heavy atom. The van der Waals surface area contributed by atoms with Crippen molar-refractivity contribution in [2.75, 3.05) is 31.1 Å². The Bertz CT molecular complexity index is 1120. The molecule has 1 aliphatic heterocycles. The van der Waals surface area contributed by atoms with Crippen LogP contribution in [0.25, 0.3) is 0 Å². The van der Waals surface area contributed by atoms with E-state index in [4.69, 9.17) is 27.9 Å². The van der Waals surface area contributed by atoms with E-state index < -0.39 is 11.6 Å². The second-order valence-electron chi connectivity index (χ2n) is 6.80. The molecule has 0 spiro atoms. The lowest BCUT2D eigenvalue weighted by atomic mass is 10.2. The summed E-state index contributed by atoms with van der Waals surface area (Å²) in [6.45, 7) is 2.03. The van der Waals surface area contributed by atoms with Crippen LogP contribution >= 0.6 is 23.2 Å². The monoisotopic (exact) mass is 464 g/mol. The highest BCUT2D eigenvalue weighted by Gasteiger charge is 2.24. The predicted octanol–water partition coefficient (Wildman–Crippen LogP) is 4.82. The van der Waals surface area contributed by atoms with E-state index in [0.717, 1.165) is 12.1 Å². The Balaban J connectivity index is 1.41. The van der Waals surface area contributed by atoms with E-state index in [-0.39, 0.29) is 17.5 Å². The van der Waals surface area contributed by atoms with Gasteiger partial charge in [0.2, 0.25) is 5.88 Å². The van der Waals surface area contributed by atoms with Crippen molar-refractivity contribution in [3.8, 4) is 11.6 Å². The molecule has 2 aromatic carbocycles. The summed E-state index contributed by atoms with van der Waals surface area (Å²) in [5, 5.41) is 0.784. The SMILES string of the molecule is O=C(c1ccc(Cl)cc1Cl)N1CCN(c2cc(Oc3ccc(F)c(F)c3)ncn2)CC1. The zero-order valence-corrected chi connectivity index (χ0v) is 17.6. The lowest BCUT2D eigenvalue weighted by Crippen LogP contribution is -2.49. The molecule has 0 radical (unpaired) electrons. The molecular formula is C21H16Cl2F2N4O2. The molecule has 4 rings (SSSR count). The Labute approximate surface area is 187 Å². The van der Waals surface area contributed by atoms with Crippen LogP contribution in [0.15, 0.2) is 48.8 Å². The lowest BCUT2D eigenvalue weighted by Gasteiger charge is -2.35. The van der Waals surface area contributed by atoms with Gasteiger partial charge in [-0.2, -0.15) is 0 Å². The Kier molecular flexibility index (Phi) is 6.20. The first-order valence-electron chi connectivity index (χ1n) is 9.35. The number of amides is 1. The number of anilines is 1. The van der Waals surface area contributed by atoms with Crippen LogP contribution in [0.2, 0.25) is 10.0 Å². The van der Waals surface area contributed by atoms with E-state index in [9.17, 15) is 13.6 Å². The smallest absolute Gasteiger partial charge is 0.255 e. The van der Waals surface area contributed by atoms with Crippen molar-refractivity contribution in [3.63, 3.8) is 0 Å². The zero-order valence-electron chi connectivity index (χ0n) is 16.1. The normalized spacial score (nSPS) is 13.9. The van der Waals surface area contributed by atoms with E-state index >= 15 is 0 Å². The molecule has 0 aliphatic carbocycles. The second-order valence-corrected chi connectivity index (χ2v) is 7.64. The van der Waals surface area contributed by atoms with Gasteiger partial charge in [0.05, 0.1) is 10.6 Å². The van der Waals surface area contributed by atoms with Gasteiger partial charge in [0, 0.05) is 43.3 Å². The first-order chi connectivity index (χ1) is 14.9. The molecule has 1 aliphatic rings. The molecule has 0 atom stereocenters. The molecular weight excluding hydrogens is 449 g/mol. The van der Waals surface area contributed by atoms with Crippen LogP contribution in [0.1, 0.15) is 10.4 Å².